The third-order valence-corrected chi connectivity index (χ3v) is 5.28. The molecule has 1 aromatic rings. The Morgan fingerprint density at radius 1 is 0.875 bits per heavy atom. The second-order valence-electron chi connectivity index (χ2n) is 6.76. The normalized spacial score (nSPS) is 17.5. The second-order valence-corrected chi connectivity index (χ2v) is 6.76. The van der Waals surface area contributed by atoms with Crippen LogP contribution in [0.5, 0.6) is 0 Å². The molecule has 2 rings (SSSR count). The van der Waals surface area contributed by atoms with Crippen molar-refractivity contribution in [1.82, 2.24) is 0 Å². The van der Waals surface area contributed by atoms with Crippen LogP contribution in [0.25, 0.3) is 14.5 Å². The van der Waals surface area contributed by atoms with Crippen molar-refractivity contribution in [2.24, 2.45) is 0 Å². The third kappa shape index (κ3) is 4.15. The minimum absolute atomic E-state index is 0.134. The molecule has 1 atom stereocenters. The fourth-order valence-electron chi connectivity index (χ4n) is 4.29. The molecule has 0 bridgehead atoms. The van der Waals surface area contributed by atoms with E-state index in [1.165, 1.54) is 11.1 Å². The van der Waals surface area contributed by atoms with Gasteiger partial charge < -0.3 is 14.5 Å². The SMILES string of the molecule is [C-]#[N+]CCCC1CC(CCC[N+]#[C-])(CCC[N+]#[C-])c2ccccc21. The van der Waals surface area contributed by atoms with Crippen molar-refractivity contribution in [3.8, 4) is 0 Å². The molecule has 0 amide bonds. The first kappa shape index (κ1) is 18.0. The van der Waals surface area contributed by atoms with Gasteiger partial charge in [0.1, 0.15) is 0 Å². The van der Waals surface area contributed by atoms with Gasteiger partial charge in [-0.1, -0.05) is 24.3 Å². The summed E-state index contributed by atoms with van der Waals surface area (Å²) in [5.74, 6) is 0.531. The predicted molar refractivity (Wildman–Crippen MR) is 97.6 cm³/mol. The second kappa shape index (κ2) is 9.10. The predicted octanol–water partition coefficient (Wildman–Crippen LogP) is 5.51. The molecule has 1 aromatic carbocycles. The molecule has 0 aromatic heterocycles. The topological polar surface area (TPSA) is 13.1 Å². The highest BCUT2D eigenvalue weighted by Gasteiger charge is 2.42. The quantitative estimate of drug-likeness (QED) is 0.420. The summed E-state index contributed by atoms with van der Waals surface area (Å²) in [6, 6.07) is 8.76. The molecule has 0 saturated carbocycles. The summed E-state index contributed by atoms with van der Waals surface area (Å²) in [5.41, 5.74) is 3.04. The summed E-state index contributed by atoms with van der Waals surface area (Å²) >= 11 is 0. The van der Waals surface area contributed by atoms with Gasteiger partial charge in [-0.15, -0.1) is 0 Å². The number of benzene rings is 1. The third-order valence-electron chi connectivity index (χ3n) is 5.28. The van der Waals surface area contributed by atoms with Crippen molar-refractivity contribution in [3.63, 3.8) is 0 Å². The van der Waals surface area contributed by atoms with Crippen molar-refractivity contribution < 1.29 is 0 Å². The standard InChI is InChI=1S/C21H25N3/c1-22-14-6-9-18-17-21(12-7-15-23-2,13-8-16-24-3)20-11-5-4-10-19(18)20/h4-5,10-11,18H,6-9,12-17H2. The van der Waals surface area contributed by atoms with Crippen LogP contribution in [-0.2, 0) is 5.41 Å². The lowest BCUT2D eigenvalue weighted by atomic mass is 9.73. The van der Waals surface area contributed by atoms with Gasteiger partial charge in [-0.05, 0) is 48.1 Å². The smallest absolute Gasteiger partial charge is 0.214 e. The monoisotopic (exact) mass is 319 g/mol. The highest BCUT2D eigenvalue weighted by atomic mass is 14.6. The van der Waals surface area contributed by atoms with Crippen LogP contribution in [0.3, 0.4) is 0 Å². The number of rotatable bonds is 9. The van der Waals surface area contributed by atoms with E-state index in [9.17, 15) is 0 Å². The van der Waals surface area contributed by atoms with E-state index in [0.717, 1.165) is 44.9 Å². The zero-order valence-electron chi connectivity index (χ0n) is 14.3. The van der Waals surface area contributed by atoms with Crippen LogP contribution in [0, 0.1) is 19.7 Å². The fourth-order valence-corrected chi connectivity index (χ4v) is 4.29. The van der Waals surface area contributed by atoms with E-state index in [4.69, 9.17) is 19.7 Å². The molecule has 0 aliphatic heterocycles. The van der Waals surface area contributed by atoms with E-state index in [0.29, 0.717) is 25.6 Å². The Balaban J connectivity index is 2.23. The molecule has 0 fully saturated rings. The van der Waals surface area contributed by atoms with E-state index in [2.05, 4.69) is 38.8 Å². The van der Waals surface area contributed by atoms with Crippen LogP contribution in [0.1, 0.15) is 62.0 Å². The van der Waals surface area contributed by atoms with Gasteiger partial charge >= 0.3 is 0 Å². The maximum atomic E-state index is 7.06. The molecule has 124 valence electrons. The number of nitrogens with zero attached hydrogens (tertiary/aromatic N) is 3. The van der Waals surface area contributed by atoms with E-state index in [1.807, 2.05) is 0 Å². The molecule has 0 spiro atoms. The van der Waals surface area contributed by atoms with Gasteiger partial charge in [0.2, 0.25) is 19.6 Å². The summed E-state index contributed by atoms with van der Waals surface area (Å²) in [6.07, 6.45) is 7.12. The zero-order chi connectivity index (χ0) is 17.3. The Kier molecular flexibility index (Phi) is 6.84. The van der Waals surface area contributed by atoms with Gasteiger partial charge in [-0.3, -0.25) is 0 Å². The lowest BCUT2D eigenvalue weighted by Gasteiger charge is -2.30. The number of hydrogen-bond acceptors (Lipinski definition) is 0. The fraction of sp³-hybridized carbons (Fsp3) is 0.571. The minimum Gasteiger partial charge on any atom is -0.317 e. The minimum atomic E-state index is 0.134. The summed E-state index contributed by atoms with van der Waals surface area (Å²) < 4.78 is 0. The van der Waals surface area contributed by atoms with Crippen molar-refractivity contribution in [2.75, 3.05) is 19.6 Å². The molecule has 0 N–H and O–H groups in total. The Morgan fingerprint density at radius 2 is 1.46 bits per heavy atom. The molecule has 0 radical (unpaired) electrons. The van der Waals surface area contributed by atoms with E-state index in [1.54, 1.807) is 0 Å². The van der Waals surface area contributed by atoms with Crippen molar-refractivity contribution >= 4 is 0 Å². The first-order valence-corrected chi connectivity index (χ1v) is 8.86. The van der Waals surface area contributed by atoms with Crippen LogP contribution in [0.15, 0.2) is 24.3 Å². The molecule has 1 aliphatic rings. The summed E-state index contributed by atoms with van der Waals surface area (Å²) in [5, 5.41) is 0. The lowest BCUT2D eigenvalue weighted by molar-refractivity contribution is 0.328. The molecule has 0 heterocycles. The van der Waals surface area contributed by atoms with Crippen LogP contribution in [0.4, 0.5) is 0 Å². The van der Waals surface area contributed by atoms with E-state index < -0.39 is 0 Å². The molecule has 1 unspecified atom stereocenters. The van der Waals surface area contributed by atoms with Crippen molar-refractivity contribution in [2.45, 2.75) is 56.3 Å². The molecule has 0 saturated heterocycles. The summed E-state index contributed by atoms with van der Waals surface area (Å²) in [6.45, 7) is 22.9. The molecular weight excluding hydrogens is 294 g/mol. The summed E-state index contributed by atoms with van der Waals surface area (Å²) in [7, 11) is 0. The Hall–Kier alpha value is -2.31. The van der Waals surface area contributed by atoms with Crippen LogP contribution >= 0.6 is 0 Å². The lowest BCUT2D eigenvalue weighted by Crippen LogP contribution is -2.24. The summed E-state index contributed by atoms with van der Waals surface area (Å²) in [4.78, 5) is 10.6. The van der Waals surface area contributed by atoms with Gasteiger partial charge in [0.15, 0.2) is 0 Å². The molecular formula is C21H25N3. The van der Waals surface area contributed by atoms with E-state index in [-0.39, 0.29) is 5.41 Å². The van der Waals surface area contributed by atoms with Crippen LogP contribution < -0.4 is 0 Å². The Morgan fingerprint density at radius 3 is 2.08 bits per heavy atom. The maximum Gasteiger partial charge on any atom is 0.214 e. The largest absolute Gasteiger partial charge is 0.317 e. The maximum absolute atomic E-state index is 7.06. The van der Waals surface area contributed by atoms with Gasteiger partial charge in [0.25, 0.3) is 0 Å². The molecule has 1 aliphatic carbocycles. The van der Waals surface area contributed by atoms with Gasteiger partial charge in [-0.2, -0.15) is 0 Å². The molecule has 3 nitrogen and oxygen atoms in total. The average molecular weight is 319 g/mol. The highest BCUT2D eigenvalue weighted by molar-refractivity contribution is 5.42. The first-order chi connectivity index (χ1) is 11.8. The van der Waals surface area contributed by atoms with E-state index >= 15 is 0 Å². The number of hydrogen-bond donors (Lipinski definition) is 0. The van der Waals surface area contributed by atoms with Gasteiger partial charge in [0.05, 0.1) is 0 Å². The van der Waals surface area contributed by atoms with Crippen molar-refractivity contribution in [3.05, 3.63) is 69.6 Å². The Labute approximate surface area is 146 Å². The zero-order valence-corrected chi connectivity index (χ0v) is 14.3. The average Bonchev–Trinajstić information content (AvgIpc) is 2.91. The van der Waals surface area contributed by atoms with Gasteiger partial charge in [0, 0.05) is 19.3 Å². The first-order valence-electron chi connectivity index (χ1n) is 8.86. The highest BCUT2D eigenvalue weighted by Crippen LogP contribution is 2.52. The molecule has 3 heteroatoms. The van der Waals surface area contributed by atoms with Crippen LogP contribution in [0.2, 0.25) is 0 Å². The number of fused-ring (bicyclic) bond motifs is 1. The Bertz CT molecular complexity index is 637. The molecule has 24 heavy (non-hydrogen) atoms. The van der Waals surface area contributed by atoms with Crippen LogP contribution in [-0.4, -0.2) is 19.6 Å². The van der Waals surface area contributed by atoms with Gasteiger partial charge in [-0.25, -0.2) is 19.7 Å². The van der Waals surface area contributed by atoms with Crippen molar-refractivity contribution in [1.29, 1.82) is 0 Å².